The molecule has 110 valence electrons. The van der Waals surface area contributed by atoms with Crippen LogP contribution in [-0.4, -0.2) is 14.8 Å². The van der Waals surface area contributed by atoms with Crippen LogP contribution in [0.3, 0.4) is 0 Å². The highest BCUT2D eigenvalue weighted by atomic mass is 35.5. The molecule has 0 fully saturated rings. The molecule has 0 aromatic carbocycles. The number of aryl methyl sites for hydroxylation is 1. The molecule has 0 saturated carbocycles. The van der Waals surface area contributed by atoms with Gasteiger partial charge in [0.15, 0.2) is 0 Å². The van der Waals surface area contributed by atoms with Crippen LogP contribution in [0.4, 0.5) is 5.69 Å². The first kappa shape index (κ1) is 15.3. The van der Waals surface area contributed by atoms with E-state index in [1.165, 1.54) is 4.68 Å². The number of nitrogens with one attached hydrogen (secondary N) is 1. The van der Waals surface area contributed by atoms with Crippen molar-refractivity contribution in [3.8, 4) is 0 Å². The van der Waals surface area contributed by atoms with Crippen molar-refractivity contribution in [1.82, 2.24) is 14.8 Å². The van der Waals surface area contributed by atoms with Crippen molar-refractivity contribution in [3.63, 3.8) is 0 Å². The molecule has 0 radical (unpaired) electrons. The Bertz CT molecular complexity index is 696. The van der Waals surface area contributed by atoms with Gasteiger partial charge in [-0.25, -0.2) is 4.68 Å². The summed E-state index contributed by atoms with van der Waals surface area (Å²) in [6, 6.07) is 3.94. The van der Waals surface area contributed by atoms with Crippen molar-refractivity contribution in [2.45, 2.75) is 26.4 Å². The Balaban J connectivity index is 2.19. The van der Waals surface area contributed by atoms with E-state index in [0.717, 1.165) is 17.7 Å². The van der Waals surface area contributed by atoms with E-state index in [1.54, 1.807) is 18.5 Å². The molecule has 2 rings (SSSR count). The van der Waals surface area contributed by atoms with E-state index in [-0.39, 0.29) is 10.6 Å². The van der Waals surface area contributed by atoms with Gasteiger partial charge < -0.3 is 5.32 Å². The van der Waals surface area contributed by atoms with Gasteiger partial charge in [0.2, 0.25) is 0 Å². The van der Waals surface area contributed by atoms with Gasteiger partial charge >= 0.3 is 0 Å². The summed E-state index contributed by atoms with van der Waals surface area (Å²) in [6.07, 6.45) is 5.79. The molecular formula is C15H17ClN4O. The van der Waals surface area contributed by atoms with Crippen LogP contribution in [0, 0.1) is 0 Å². The van der Waals surface area contributed by atoms with Crippen LogP contribution in [0.15, 0.2) is 42.0 Å². The van der Waals surface area contributed by atoms with Gasteiger partial charge in [-0.05, 0) is 18.1 Å². The number of halogens is 1. The highest BCUT2D eigenvalue weighted by Crippen LogP contribution is 2.17. The van der Waals surface area contributed by atoms with E-state index >= 15 is 0 Å². The summed E-state index contributed by atoms with van der Waals surface area (Å²) in [5.74, 6) is 0. The fourth-order valence-electron chi connectivity index (χ4n) is 1.97. The quantitative estimate of drug-likeness (QED) is 0.834. The maximum absolute atomic E-state index is 12.0. The summed E-state index contributed by atoms with van der Waals surface area (Å²) in [6.45, 7) is 6.48. The van der Waals surface area contributed by atoms with Crippen LogP contribution in [0.5, 0.6) is 0 Å². The van der Waals surface area contributed by atoms with Crippen LogP contribution >= 0.6 is 11.6 Å². The third kappa shape index (κ3) is 3.49. The van der Waals surface area contributed by atoms with E-state index in [9.17, 15) is 4.79 Å². The molecule has 0 atom stereocenters. The maximum Gasteiger partial charge on any atom is 0.287 e. The zero-order valence-corrected chi connectivity index (χ0v) is 12.6. The van der Waals surface area contributed by atoms with E-state index in [1.807, 2.05) is 12.1 Å². The summed E-state index contributed by atoms with van der Waals surface area (Å²) in [5, 5.41) is 7.29. The minimum absolute atomic E-state index is 0.126. The Morgan fingerprint density at radius 3 is 3.05 bits per heavy atom. The predicted octanol–water partition coefficient (Wildman–Crippen LogP) is 2.65. The second-order valence-corrected chi connectivity index (χ2v) is 4.84. The first-order chi connectivity index (χ1) is 10.2. The lowest BCUT2D eigenvalue weighted by Gasteiger charge is -2.11. The molecule has 2 aromatic heterocycles. The molecule has 5 nitrogen and oxygen atoms in total. The average molecular weight is 305 g/mol. The van der Waals surface area contributed by atoms with Gasteiger partial charge in [-0.3, -0.25) is 9.78 Å². The van der Waals surface area contributed by atoms with E-state index in [2.05, 4.69) is 28.9 Å². The molecule has 0 aliphatic rings. The maximum atomic E-state index is 12.0. The minimum Gasteiger partial charge on any atom is -0.377 e. The molecule has 0 unspecified atom stereocenters. The predicted molar refractivity (Wildman–Crippen MR) is 84.6 cm³/mol. The van der Waals surface area contributed by atoms with Crippen molar-refractivity contribution in [3.05, 3.63) is 63.8 Å². The number of allylic oxidation sites excluding steroid dienone is 1. The summed E-state index contributed by atoms with van der Waals surface area (Å²) >= 11 is 6.08. The zero-order chi connectivity index (χ0) is 15.2. The van der Waals surface area contributed by atoms with Crippen molar-refractivity contribution in [1.29, 1.82) is 0 Å². The zero-order valence-electron chi connectivity index (χ0n) is 11.8. The number of hydrogen-bond donors (Lipinski definition) is 1. The third-order valence-corrected chi connectivity index (χ3v) is 3.46. The first-order valence-electron chi connectivity index (χ1n) is 6.70. The first-order valence-corrected chi connectivity index (χ1v) is 7.08. The molecule has 2 aromatic rings. The fraction of sp³-hybridized carbons (Fsp3) is 0.267. The second-order valence-electron chi connectivity index (χ2n) is 4.46. The van der Waals surface area contributed by atoms with Crippen molar-refractivity contribution in [2.75, 3.05) is 5.32 Å². The topological polar surface area (TPSA) is 59.8 Å². The number of anilines is 1. The molecule has 2 heterocycles. The molecular weight excluding hydrogens is 288 g/mol. The van der Waals surface area contributed by atoms with Gasteiger partial charge in [-0.1, -0.05) is 30.7 Å². The molecule has 0 amide bonds. The van der Waals surface area contributed by atoms with Crippen LogP contribution in [0.1, 0.15) is 18.2 Å². The van der Waals surface area contributed by atoms with Crippen molar-refractivity contribution < 1.29 is 0 Å². The number of nitrogens with zero attached hydrogens (tertiary/aromatic N) is 3. The number of hydrogen-bond acceptors (Lipinski definition) is 4. The van der Waals surface area contributed by atoms with Gasteiger partial charge in [0.25, 0.3) is 5.56 Å². The lowest BCUT2D eigenvalue weighted by molar-refractivity contribution is 0.653. The van der Waals surface area contributed by atoms with Crippen molar-refractivity contribution in [2.24, 2.45) is 0 Å². The van der Waals surface area contributed by atoms with Gasteiger partial charge in [-0.15, -0.1) is 6.58 Å². The van der Waals surface area contributed by atoms with Gasteiger partial charge in [0, 0.05) is 6.20 Å². The molecule has 21 heavy (non-hydrogen) atoms. The van der Waals surface area contributed by atoms with Crippen LogP contribution in [0.25, 0.3) is 0 Å². The largest absolute Gasteiger partial charge is 0.377 e. The number of aromatic nitrogens is 3. The Kier molecular flexibility index (Phi) is 5.11. The minimum atomic E-state index is -0.335. The van der Waals surface area contributed by atoms with E-state index in [4.69, 9.17) is 11.6 Å². The Labute approximate surface area is 128 Å². The highest BCUT2D eigenvalue weighted by Gasteiger charge is 2.09. The molecule has 1 N–H and O–H groups in total. The molecule has 0 aliphatic carbocycles. The average Bonchev–Trinajstić information content (AvgIpc) is 2.51. The van der Waals surface area contributed by atoms with Gasteiger partial charge in [0.1, 0.15) is 5.02 Å². The van der Waals surface area contributed by atoms with Crippen LogP contribution in [0.2, 0.25) is 5.02 Å². The summed E-state index contributed by atoms with van der Waals surface area (Å²) in [4.78, 5) is 16.3. The van der Waals surface area contributed by atoms with E-state index in [0.29, 0.717) is 18.8 Å². The fourth-order valence-corrected chi connectivity index (χ4v) is 2.19. The summed E-state index contributed by atoms with van der Waals surface area (Å²) in [7, 11) is 0. The number of pyridine rings is 1. The van der Waals surface area contributed by atoms with Gasteiger partial charge in [-0.2, -0.15) is 5.10 Å². The summed E-state index contributed by atoms with van der Waals surface area (Å²) in [5.41, 5.74) is 2.27. The standard InChI is InChI=1S/C15H17ClN4O/c1-3-8-20-15(21)14(16)13(10-19-20)18-9-12-11(4-2)6-5-7-17-12/h3,5-7,10,18H,1,4,8-9H2,2H3. The lowest BCUT2D eigenvalue weighted by Crippen LogP contribution is -2.23. The van der Waals surface area contributed by atoms with Gasteiger partial charge in [0.05, 0.1) is 30.7 Å². The smallest absolute Gasteiger partial charge is 0.287 e. The molecule has 0 aliphatic heterocycles. The van der Waals surface area contributed by atoms with Crippen molar-refractivity contribution >= 4 is 17.3 Å². The lowest BCUT2D eigenvalue weighted by atomic mass is 10.1. The Hall–Kier alpha value is -2.14. The highest BCUT2D eigenvalue weighted by molar-refractivity contribution is 6.32. The number of rotatable bonds is 6. The second kappa shape index (κ2) is 7.04. The molecule has 0 bridgehead atoms. The monoisotopic (exact) mass is 304 g/mol. The van der Waals surface area contributed by atoms with Crippen LogP contribution in [-0.2, 0) is 19.5 Å². The normalized spacial score (nSPS) is 10.4. The molecule has 0 spiro atoms. The molecule has 0 saturated heterocycles. The Morgan fingerprint density at radius 2 is 2.33 bits per heavy atom. The van der Waals surface area contributed by atoms with E-state index < -0.39 is 0 Å². The Morgan fingerprint density at radius 1 is 1.52 bits per heavy atom. The van der Waals surface area contributed by atoms with Crippen LogP contribution < -0.4 is 10.9 Å². The SMILES string of the molecule is C=CCn1ncc(NCc2ncccc2CC)c(Cl)c1=O. The summed E-state index contributed by atoms with van der Waals surface area (Å²) < 4.78 is 1.26. The third-order valence-electron chi connectivity index (χ3n) is 3.10. The molecule has 6 heteroatoms.